The van der Waals surface area contributed by atoms with E-state index in [1.165, 1.54) is 51.4 Å². The van der Waals surface area contributed by atoms with E-state index in [2.05, 4.69) is 13.8 Å². The van der Waals surface area contributed by atoms with Crippen molar-refractivity contribution in [3.63, 3.8) is 0 Å². The number of aliphatic hydroxyl groups excluding tert-OH is 1. The Balaban J connectivity index is 3.95. The quantitative estimate of drug-likeness (QED) is 0.489. The molecule has 19 heavy (non-hydrogen) atoms. The van der Waals surface area contributed by atoms with Crippen LogP contribution in [0.5, 0.6) is 0 Å². The Bertz CT molecular complexity index is 204. The Hall–Kier alpha value is -0.570. The topological polar surface area (TPSA) is 57.5 Å². The molecule has 0 aromatic heterocycles. The van der Waals surface area contributed by atoms with Crippen LogP contribution in [0.4, 0.5) is 0 Å². The molecule has 0 fully saturated rings. The predicted octanol–water partition coefficient (Wildman–Crippen LogP) is 4.38. The van der Waals surface area contributed by atoms with Gasteiger partial charge in [-0.1, -0.05) is 78.1 Å². The third-order valence-corrected chi connectivity index (χ3v) is 3.77. The van der Waals surface area contributed by atoms with Crippen LogP contribution in [0.3, 0.4) is 0 Å². The van der Waals surface area contributed by atoms with E-state index < -0.39 is 12.1 Å². The van der Waals surface area contributed by atoms with Gasteiger partial charge in [0.05, 0.1) is 0 Å². The molecule has 0 amide bonds. The predicted molar refractivity (Wildman–Crippen MR) is 79.3 cm³/mol. The van der Waals surface area contributed by atoms with Crippen molar-refractivity contribution in [1.29, 1.82) is 0 Å². The zero-order valence-electron chi connectivity index (χ0n) is 12.7. The van der Waals surface area contributed by atoms with Gasteiger partial charge in [0.2, 0.25) is 0 Å². The summed E-state index contributed by atoms with van der Waals surface area (Å²) in [7, 11) is 0. The van der Waals surface area contributed by atoms with Gasteiger partial charge in [-0.15, -0.1) is 0 Å². The van der Waals surface area contributed by atoms with Crippen molar-refractivity contribution in [2.45, 2.75) is 90.6 Å². The van der Waals surface area contributed by atoms with Gasteiger partial charge >= 0.3 is 5.97 Å². The Morgan fingerprint density at radius 2 is 1.37 bits per heavy atom. The number of rotatable bonds is 13. The molecule has 0 rings (SSSR count). The van der Waals surface area contributed by atoms with Crippen molar-refractivity contribution in [3.05, 3.63) is 0 Å². The van der Waals surface area contributed by atoms with E-state index in [4.69, 9.17) is 5.11 Å². The molecule has 3 nitrogen and oxygen atoms in total. The molecule has 0 saturated heterocycles. The minimum absolute atomic E-state index is 0.375. The van der Waals surface area contributed by atoms with Crippen LogP contribution in [-0.2, 0) is 4.79 Å². The lowest BCUT2D eigenvalue weighted by molar-refractivity contribution is -0.147. The fourth-order valence-electron chi connectivity index (χ4n) is 2.52. The molecule has 0 aliphatic carbocycles. The van der Waals surface area contributed by atoms with Crippen LogP contribution in [0.2, 0.25) is 0 Å². The summed E-state index contributed by atoms with van der Waals surface area (Å²) < 4.78 is 0. The molecule has 0 spiro atoms. The molecule has 0 bridgehead atoms. The fourth-order valence-corrected chi connectivity index (χ4v) is 2.52. The lowest BCUT2D eigenvalue weighted by Crippen LogP contribution is -2.23. The number of aliphatic carboxylic acids is 1. The molecule has 0 aliphatic rings. The van der Waals surface area contributed by atoms with Gasteiger partial charge in [0.25, 0.3) is 0 Å². The van der Waals surface area contributed by atoms with Crippen molar-refractivity contribution >= 4 is 5.97 Å². The number of hydrogen-bond donors (Lipinski definition) is 2. The summed E-state index contributed by atoms with van der Waals surface area (Å²) in [5.41, 5.74) is 0. The van der Waals surface area contributed by atoms with Gasteiger partial charge < -0.3 is 10.2 Å². The Morgan fingerprint density at radius 3 is 1.74 bits per heavy atom. The van der Waals surface area contributed by atoms with Crippen LogP contribution >= 0.6 is 0 Å². The summed E-state index contributed by atoms with van der Waals surface area (Å²) in [6.45, 7) is 4.38. The maximum Gasteiger partial charge on any atom is 0.332 e. The molecule has 0 aromatic rings. The Labute approximate surface area is 118 Å². The number of aliphatic hydroxyl groups is 1. The molecule has 114 valence electrons. The van der Waals surface area contributed by atoms with E-state index >= 15 is 0 Å². The van der Waals surface area contributed by atoms with Crippen molar-refractivity contribution in [2.24, 2.45) is 5.92 Å². The fraction of sp³-hybridized carbons (Fsp3) is 0.938. The van der Waals surface area contributed by atoms with Gasteiger partial charge in [0.15, 0.2) is 6.10 Å². The van der Waals surface area contributed by atoms with E-state index in [0.717, 1.165) is 12.8 Å². The summed E-state index contributed by atoms with van der Waals surface area (Å²) in [5.74, 6) is -0.702. The molecule has 0 radical (unpaired) electrons. The smallest absolute Gasteiger partial charge is 0.332 e. The van der Waals surface area contributed by atoms with Gasteiger partial charge in [0.1, 0.15) is 0 Å². The number of unbranched alkanes of at least 4 members (excludes halogenated alkanes) is 6. The highest BCUT2D eigenvalue weighted by atomic mass is 16.4. The van der Waals surface area contributed by atoms with Crippen molar-refractivity contribution in [3.8, 4) is 0 Å². The molecule has 0 heterocycles. The molecule has 0 aromatic carbocycles. The molecule has 1 atom stereocenters. The SMILES string of the molecule is CCCCCCC(CCCCCC)C[C@@H](O)C(=O)O. The van der Waals surface area contributed by atoms with E-state index in [-0.39, 0.29) is 0 Å². The van der Waals surface area contributed by atoms with Crippen LogP contribution in [0, 0.1) is 5.92 Å². The number of hydrogen-bond acceptors (Lipinski definition) is 2. The van der Waals surface area contributed by atoms with Crippen LogP contribution in [0.1, 0.15) is 84.5 Å². The van der Waals surface area contributed by atoms with E-state index in [1.54, 1.807) is 0 Å². The molecule has 3 heteroatoms. The average Bonchev–Trinajstić information content (AvgIpc) is 2.38. The van der Waals surface area contributed by atoms with Gasteiger partial charge in [-0.2, -0.15) is 0 Å². The first-order valence-electron chi connectivity index (χ1n) is 8.02. The third-order valence-electron chi connectivity index (χ3n) is 3.77. The highest BCUT2D eigenvalue weighted by Crippen LogP contribution is 2.23. The first-order chi connectivity index (χ1) is 9.11. The normalized spacial score (nSPS) is 12.8. The summed E-state index contributed by atoms with van der Waals surface area (Å²) in [6, 6.07) is 0. The first-order valence-corrected chi connectivity index (χ1v) is 8.02. The zero-order valence-corrected chi connectivity index (χ0v) is 12.7. The monoisotopic (exact) mass is 272 g/mol. The van der Waals surface area contributed by atoms with Crippen molar-refractivity contribution in [1.82, 2.24) is 0 Å². The molecule has 0 unspecified atom stereocenters. The Kier molecular flexibility index (Phi) is 12.1. The van der Waals surface area contributed by atoms with Crippen LogP contribution in [-0.4, -0.2) is 22.3 Å². The highest BCUT2D eigenvalue weighted by Gasteiger charge is 2.19. The van der Waals surface area contributed by atoms with Gasteiger partial charge in [-0.3, -0.25) is 0 Å². The van der Waals surface area contributed by atoms with E-state index in [9.17, 15) is 9.90 Å². The molecular formula is C16H32O3. The lowest BCUT2D eigenvalue weighted by Gasteiger charge is -2.18. The number of carboxylic acids is 1. The maximum atomic E-state index is 10.7. The van der Waals surface area contributed by atoms with Crippen LogP contribution < -0.4 is 0 Å². The molecule has 2 N–H and O–H groups in total. The third kappa shape index (κ3) is 11.0. The van der Waals surface area contributed by atoms with E-state index in [1.807, 2.05) is 0 Å². The number of carboxylic acid groups (broad SMARTS) is 1. The van der Waals surface area contributed by atoms with Crippen LogP contribution in [0.15, 0.2) is 0 Å². The first kappa shape index (κ1) is 18.4. The van der Waals surface area contributed by atoms with Gasteiger partial charge in [0, 0.05) is 0 Å². The molecule has 0 aliphatic heterocycles. The van der Waals surface area contributed by atoms with Gasteiger partial charge in [-0.05, 0) is 12.3 Å². The molecule has 0 saturated carbocycles. The summed E-state index contributed by atoms with van der Waals surface area (Å²) in [6.07, 6.45) is 11.1. The summed E-state index contributed by atoms with van der Waals surface area (Å²) >= 11 is 0. The molecular weight excluding hydrogens is 240 g/mol. The van der Waals surface area contributed by atoms with Crippen molar-refractivity contribution < 1.29 is 15.0 Å². The average molecular weight is 272 g/mol. The highest BCUT2D eigenvalue weighted by molar-refractivity contribution is 5.71. The lowest BCUT2D eigenvalue weighted by atomic mass is 9.89. The standard InChI is InChI=1S/C16H32O3/c1-3-5-7-9-11-14(12-10-8-6-4-2)13-15(17)16(18)19/h14-15,17H,3-13H2,1-2H3,(H,18,19)/t15-/m1/s1. The minimum Gasteiger partial charge on any atom is -0.479 e. The van der Waals surface area contributed by atoms with Gasteiger partial charge in [-0.25, -0.2) is 4.79 Å². The maximum absolute atomic E-state index is 10.7. The van der Waals surface area contributed by atoms with E-state index in [0.29, 0.717) is 12.3 Å². The second-order valence-electron chi connectivity index (χ2n) is 5.65. The van der Waals surface area contributed by atoms with Crippen LogP contribution in [0.25, 0.3) is 0 Å². The second-order valence-corrected chi connectivity index (χ2v) is 5.65. The van der Waals surface area contributed by atoms with Crippen molar-refractivity contribution in [2.75, 3.05) is 0 Å². The Morgan fingerprint density at radius 1 is 0.895 bits per heavy atom. The second kappa shape index (κ2) is 12.5. The number of carbonyl (C=O) groups is 1. The zero-order chi connectivity index (χ0) is 14.5. The summed E-state index contributed by atoms with van der Waals surface area (Å²) in [5, 5.41) is 18.3. The summed E-state index contributed by atoms with van der Waals surface area (Å²) in [4.78, 5) is 10.7. The largest absolute Gasteiger partial charge is 0.479 e. The minimum atomic E-state index is -1.18.